The number of carbonyl (C=O) groups excluding carboxylic acids is 2. The highest BCUT2D eigenvalue weighted by atomic mass is 16.4. The molecule has 7 N–H and O–H groups in total. The molecule has 0 aliphatic heterocycles. The summed E-state index contributed by atoms with van der Waals surface area (Å²) in [6.45, 7) is 3.46. The molecule has 0 fully saturated rings. The van der Waals surface area contributed by atoms with Crippen LogP contribution in [0.5, 0.6) is 5.75 Å². The molecule has 0 aromatic heterocycles. The normalized spacial score (nSPS) is 14.9. The van der Waals surface area contributed by atoms with Crippen LogP contribution in [0.4, 0.5) is 0 Å². The monoisotopic (exact) mass is 409 g/mol. The summed E-state index contributed by atoms with van der Waals surface area (Å²) < 4.78 is 0. The lowest BCUT2D eigenvalue weighted by Gasteiger charge is -2.25. The molecule has 0 aliphatic rings. The first kappa shape index (κ1) is 23.9. The lowest BCUT2D eigenvalue weighted by molar-refractivity contribution is -0.144. The molecule has 0 bridgehead atoms. The van der Waals surface area contributed by atoms with Crippen molar-refractivity contribution in [3.05, 3.63) is 29.8 Å². The molecule has 4 unspecified atom stereocenters. The van der Waals surface area contributed by atoms with Gasteiger partial charge in [0.25, 0.3) is 0 Å². The van der Waals surface area contributed by atoms with Crippen LogP contribution in [0.2, 0.25) is 0 Å². The number of carboxylic acids is 2. The van der Waals surface area contributed by atoms with Crippen LogP contribution < -0.4 is 16.4 Å². The molecule has 2 amide bonds. The molecule has 0 heterocycles. The van der Waals surface area contributed by atoms with Crippen LogP contribution in [-0.2, 0) is 25.6 Å². The minimum absolute atomic E-state index is 0.00943. The molecular weight excluding hydrogens is 382 g/mol. The average Bonchev–Trinajstić information content (AvgIpc) is 2.65. The zero-order chi connectivity index (χ0) is 22.1. The summed E-state index contributed by atoms with van der Waals surface area (Å²) in [6, 6.07) is 2.19. The standard InChI is InChI=1S/C19H27N3O7/c1-3-10(2)16(19(28)29)22-18(27)14(8-11-4-6-12(23)7-5-11)21-17(26)13(20)9-15(24)25/h4-7,10,13-14,16,23H,3,8-9,20H2,1-2H3,(H,21,26)(H,22,27)(H,24,25)(H,28,29). The minimum atomic E-state index is -1.37. The molecule has 4 atom stereocenters. The van der Waals surface area contributed by atoms with Crippen LogP contribution in [0.1, 0.15) is 32.3 Å². The van der Waals surface area contributed by atoms with Crippen molar-refractivity contribution in [3.8, 4) is 5.75 Å². The number of hydrogen-bond acceptors (Lipinski definition) is 6. The number of carbonyl (C=O) groups is 4. The molecule has 29 heavy (non-hydrogen) atoms. The summed E-state index contributed by atoms with van der Waals surface area (Å²) in [5.74, 6) is -4.39. The third-order valence-corrected chi connectivity index (χ3v) is 4.52. The van der Waals surface area contributed by atoms with Gasteiger partial charge in [-0.05, 0) is 23.6 Å². The van der Waals surface area contributed by atoms with Crippen LogP contribution in [0.25, 0.3) is 0 Å². The van der Waals surface area contributed by atoms with Gasteiger partial charge in [0.15, 0.2) is 0 Å². The lowest BCUT2D eigenvalue weighted by Crippen LogP contribution is -2.56. The fourth-order valence-corrected chi connectivity index (χ4v) is 2.57. The Hall–Kier alpha value is -3.14. The van der Waals surface area contributed by atoms with Gasteiger partial charge in [-0.15, -0.1) is 0 Å². The zero-order valence-electron chi connectivity index (χ0n) is 16.3. The van der Waals surface area contributed by atoms with Gasteiger partial charge in [0, 0.05) is 6.42 Å². The maximum absolute atomic E-state index is 12.7. The summed E-state index contributed by atoms with van der Waals surface area (Å²) in [6.07, 6.45) is -0.121. The molecule has 0 saturated carbocycles. The van der Waals surface area contributed by atoms with Crippen molar-refractivity contribution in [2.75, 3.05) is 0 Å². The van der Waals surface area contributed by atoms with Gasteiger partial charge < -0.3 is 31.7 Å². The van der Waals surface area contributed by atoms with E-state index in [-0.39, 0.29) is 18.1 Å². The first-order chi connectivity index (χ1) is 13.5. The molecule has 0 spiro atoms. The maximum Gasteiger partial charge on any atom is 0.326 e. The Morgan fingerprint density at radius 1 is 1.03 bits per heavy atom. The topological polar surface area (TPSA) is 179 Å². The summed E-state index contributed by atoms with van der Waals surface area (Å²) in [5, 5.41) is 32.4. The van der Waals surface area contributed by atoms with Gasteiger partial charge in [0.05, 0.1) is 12.5 Å². The molecule has 10 nitrogen and oxygen atoms in total. The molecule has 160 valence electrons. The van der Waals surface area contributed by atoms with Gasteiger partial charge >= 0.3 is 11.9 Å². The summed E-state index contributed by atoms with van der Waals surface area (Å²) in [4.78, 5) is 47.2. The number of phenolic OH excluding ortho intramolecular Hbond substituents is 1. The molecule has 1 aromatic rings. The van der Waals surface area contributed by atoms with E-state index in [1.807, 2.05) is 0 Å². The molecule has 0 aliphatic carbocycles. The van der Waals surface area contributed by atoms with E-state index in [9.17, 15) is 29.4 Å². The lowest BCUT2D eigenvalue weighted by atomic mass is 9.98. The van der Waals surface area contributed by atoms with Crippen LogP contribution in [0, 0.1) is 5.92 Å². The van der Waals surface area contributed by atoms with Crippen LogP contribution in [-0.4, -0.2) is 57.2 Å². The van der Waals surface area contributed by atoms with Crippen molar-refractivity contribution in [2.45, 2.75) is 51.2 Å². The predicted octanol–water partition coefficient (Wildman–Crippen LogP) is -0.163. The second kappa shape index (κ2) is 11.0. The third-order valence-electron chi connectivity index (χ3n) is 4.52. The first-order valence-corrected chi connectivity index (χ1v) is 9.14. The fourth-order valence-electron chi connectivity index (χ4n) is 2.57. The number of amides is 2. The van der Waals surface area contributed by atoms with Crippen molar-refractivity contribution in [3.63, 3.8) is 0 Å². The van der Waals surface area contributed by atoms with Gasteiger partial charge in [-0.25, -0.2) is 4.79 Å². The van der Waals surface area contributed by atoms with E-state index in [2.05, 4.69) is 10.6 Å². The quantitative estimate of drug-likeness (QED) is 0.292. The average molecular weight is 409 g/mol. The zero-order valence-corrected chi connectivity index (χ0v) is 16.3. The summed E-state index contributed by atoms with van der Waals surface area (Å²) >= 11 is 0. The highest BCUT2D eigenvalue weighted by molar-refractivity contribution is 5.93. The van der Waals surface area contributed by atoms with E-state index in [1.54, 1.807) is 26.0 Å². The Bertz CT molecular complexity index is 736. The van der Waals surface area contributed by atoms with E-state index in [1.165, 1.54) is 12.1 Å². The Kier molecular flexibility index (Phi) is 9.07. The van der Waals surface area contributed by atoms with Crippen molar-refractivity contribution in [1.29, 1.82) is 0 Å². The summed E-state index contributed by atoms with van der Waals surface area (Å²) in [7, 11) is 0. The number of benzene rings is 1. The van der Waals surface area contributed by atoms with E-state index < -0.39 is 48.3 Å². The van der Waals surface area contributed by atoms with Gasteiger partial charge in [-0.3, -0.25) is 14.4 Å². The maximum atomic E-state index is 12.7. The molecule has 1 rings (SSSR count). The molecule has 0 radical (unpaired) electrons. The van der Waals surface area contributed by atoms with Gasteiger partial charge in [0.2, 0.25) is 11.8 Å². The van der Waals surface area contributed by atoms with E-state index >= 15 is 0 Å². The van der Waals surface area contributed by atoms with Crippen molar-refractivity contribution >= 4 is 23.8 Å². The SMILES string of the molecule is CCC(C)C(NC(=O)C(Cc1ccc(O)cc1)NC(=O)C(N)CC(=O)O)C(=O)O. The minimum Gasteiger partial charge on any atom is -0.508 e. The Morgan fingerprint density at radius 3 is 2.10 bits per heavy atom. The van der Waals surface area contributed by atoms with Crippen molar-refractivity contribution in [1.82, 2.24) is 10.6 Å². The van der Waals surface area contributed by atoms with Crippen molar-refractivity contribution in [2.24, 2.45) is 11.7 Å². The van der Waals surface area contributed by atoms with E-state index in [4.69, 9.17) is 10.8 Å². The Balaban J connectivity index is 3.02. The second-order valence-electron chi connectivity index (χ2n) is 6.85. The molecular formula is C19H27N3O7. The smallest absolute Gasteiger partial charge is 0.326 e. The van der Waals surface area contributed by atoms with E-state index in [0.717, 1.165) is 0 Å². The Morgan fingerprint density at radius 2 is 1.62 bits per heavy atom. The highest BCUT2D eigenvalue weighted by Crippen LogP contribution is 2.13. The number of nitrogens with two attached hydrogens (primary N) is 1. The number of hydrogen-bond donors (Lipinski definition) is 6. The number of phenols is 1. The largest absolute Gasteiger partial charge is 0.508 e. The number of rotatable bonds is 11. The predicted molar refractivity (Wildman–Crippen MR) is 103 cm³/mol. The highest BCUT2D eigenvalue weighted by Gasteiger charge is 2.30. The molecule has 0 saturated heterocycles. The number of carboxylic acid groups (broad SMARTS) is 2. The Labute approximate surface area is 168 Å². The van der Waals surface area contributed by atoms with Gasteiger partial charge in [-0.2, -0.15) is 0 Å². The first-order valence-electron chi connectivity index (χ1n) is 9.14. The fraction of sp³-hybridized carbons (Fsp3) is 0.474. The van der Waals surface area contributed by atoms with Gasteiger partial charge in [-0.1, -0.05) is 32.4 Å². The van der Waals surface area contributed by atoms with Crippen LogP contribution in [0.15, 0.2) is 24.3 Å². The second-order valence-corrected chi connectivity index (χ2v) is 6.85. The number of aromatic hydroxyl groups is 1. The molecule has 1 aromatic carbocycles. The van der Waals surface area contributed by atoms with Crippen LogP contribution in [0.3, 0.4) is 0 Å². The number of nitrogens with one attached hydrogen (secondary N) is 2. The molecule has 10 heteroatoms. The summed E-state index contributed by atoms with van der Waals surface area (Å²) in [5.41, 5.74) is 6.14. The third kappa shape index (κ3) is 7.78. The number of aliphatic carboxylic acids is 2. The van der Waals surface area contributed by atoms with Crippen molar-refractivity contribution < 1.29 is 34.5 Å². The van der Waals surface area contributed by atoms with Crippen LogP contribution >= 0.6 is 0 Å². The van der Waals surface area contributed by atoms with Gasteiger partial charge in [0.1, 0.15) is 17.8 Å². The van der Waals surface area contributed by atoms with E-state index in [0.29, 0.717) is 12.0 Å².